The highest BCUT2D eigenvalue weighted by molar-refractivity contribution is 5.69. The van der Waals surface area contributed by atoms with Gasteiger partial charge in [-0.05, 0) is 6.42 Å². The van der Waals surface area contributed by atoms with Crippen molar-refractivity contribution in [3.63, 3.8) is 0 Å². The molecule has 0 spiro atoms. The van der Waals surface area contributed by atoms with Crippen molar-refractivity contribution in [1.82, 2.24) is 0 Å². The summed E-state index contributed by atoms with van der Waals surface area (Å²) in [5.41, 5.74) is 0. The van der Waals surface area contributed by atoms with Crippen molar-refractivity contribution >= 4 is 5.97 Å². The fourth-order valence-electron chi connectivity index (χ4n) is 4.21. The molecule has 10 atom stereocenters. The van der Waals surface area contributed by atoms with Crippen molar-refractivity contribution in [3.05, 3.63) is 0 Å². The topological polar surface area (TPSA) is 196 Å². The lowest BCUT2D eigenvalue weighted by Gasteiger charge is -2.45. The zero-order chi connectivity index (χ0) is 26.0. The number of ether oxygens (including phenoxy) is 4. The Morgan fingerprint density at radius 1 is 0.743 bits per heavy atom. The minimum absolute atomic E-state index is 0.201. The van der Waals surface area contributed by atoms with Crippen molar-refractivity contribution in [3.8, 4) is 0 Å². The summed E-state index contributed by atoms with van der Waals surface area (Å²) in [5.74, 6) is -0.488. The lowest BCUT2D eigenvalue weighted by atomic mass is 9.97. The summed E-state index contributed by atoms with van der Waals surface area (Å²) in [5, 5.41) is 69.8. The summed E-state index contributed by atoms with van der Waals surface area (Å²) in [7, 11) is 0. The van der Waals surface area contributed by atoms with Crippen LogP contribution in [0.4, 0.5) is 0 Å². The van der Waals surface area contributed by atoms with Crippen LogP contribution in [0.15, 0.2) is 0 Å². The highest BCUT2D eigenvalue weighted by Crippen LogP contribution is 2.28. The van der Waals surface area contributed by atoms with Gasteiger partial charge in [-0.3, -0.25) is 4.79 Å². The van der Waals surface area contributed by atoms with Gasteiger partial charge in [-0.25, -0.2) is 0 Å². The maximum absolute atomic E-state index is 12.1. The van der Waals surface area contributed by atoms with Crippen molar-refractivity contribution in [2.45, 2.75) is 126 Å². The SMILES string of the molecule is CCCCCCCCCCC(=O)OC[C@H]1O[C@H](O[C@H]2[C@H](O)[C@@H](O)[C@@H](O)O[C@@H]2CO)[C@H](O)[C@@H](O)[C@@H]1O. The van der Waals surface area contributed by atoms with Crippen LogP contribution in [0.5, 0.6) is 0 Å². The second-order valence-corrected chi connectivity index (χ2v) is 9.25. The van der Waals surface area contributed by atoms with Gasteiger partial charge in [0.2, 0.25) is 0 Å². The first-order chi connectivity index (χ1) is 16.7. The van der Waals surface area contributed by atoms with E-state index in [-0.39, 0.29) is 6.42 Å². The number of hydrogen-bond donors (Lipinski definition) is 7. The third-order valence-electron chi connectivity index (χ3n) is 6.44. The Kier molecular flexibility index (Phi) is 13.3. The predicted molar refractivity (Wildman–Crippen MR) is 120 cm³/mol. The van der Waals surface area contributed by atoms with Crippen LogP contribution < -0.4 is 0 Å². The predicted octanol–water partition coefficient (Wildman–Crippen LogP) is -1.32. The number of carbonyl (C=O) groups is 1. The lowest BCUT2D eigenvalue weighted by molar-refractivity contribution is -0.355. The molecule has 0 aromatic carbocycles. The molecule has 0 radical (unpaired) electrons. The Balaban J connectivity index is 1.81. The van der Waals surface area contributed by atoms with E-state index in [0.29, 0.717) is 6.42 Å². The smallest absolute Gasteiger partial charge is 0.305 e. The molecule has 2 rings (SSSR count). The Labute approximate surface area is 205 Å². The fraction of sp³-hybridized carbons (Fsp3) is 0.957. The number of esters is 1. The van der Waals surface area contributed by atoms with Crippen LogP contribution in [-0.4, -0.2) is 116 Å². The van der Waals surface area contributed by atoms with Crippen LogP contribution in [0.25, 0.3) is 0 Å². The molecule has 12 nitrogen and oxygen atoms in total. The van der Waals surface area contributed by atoms with Gasteiger partial charge in [0.1, 0.15) is 55.4 Å². The van der Waals surface area contributed by atoms with Crippen molar-refractivity contribution in [2.75, 3.05) is 13.2 Å². The standard InChI is InChI=1S/C23H42O12/c1-2-3-4-5-6-7-8-9-10-15(25)32-12-14-16(26)17(27)20(30)23(34-14)35-21-13(11-24)33-22(31)19(29)18(21)28/h13-14,16-24,26-31H,2-12H2,1H3/t13-,14-,16-,17+,18-,19-,20-,21-,22+,23-/m1/s1. The average Bonchev–Trinajstić information content (AvgIpc) is 2.85. The van der Waals surface area contributed by atoms with Gasteiger partial charge in [0.25, 0.3) is 0 Å². The maximum Gasteiger partial charge on any atom is 0.305 e. The van der Waals surface area contributed by atoms with Crippen molar-refractivity contribution in [2.24, 2.45) is 0 Å². The molecule has 0 aliphatic carbocycles. The summed E-state index contributed by atoms with van der Waals surface area (Å²) >= 11 is 0. The molecule has 0 bridgehead atoms. The molecule has 0 aromatic rings. The van der Waals surface area contributed by atoms with E-state index in [0.717, 1.165) is 19.3 Å². The van der Waals surface area contributed by atoms with Gasteiger partial charge in [-0.2, -0.15) is 0 Å². The van der Waals surface area contributed by atoms with E-state index in [1.54, 1.807) is 0 Å². The summed E-state index contributed by atoms with van der Waals surface area (Å²) in [6.07, 6.45) is -7.08. The average molecular weight is 511 g/mol. The Morgan fingerprint density at radius 2 is 1.37 bits per heavy atom. The summed E-state index contributed by atoms with van der Waals surface area (Å²) in [4.78, 5) is 12.1. The zero-order valence-corrected chi connectivity index (χ0v) is 20.2. The van der Waals surface area contributed by atoms with Crippen LogP contribution in [0.2, 0.25) is 0 Å². The van der Waals surface area contributed by atoms with E-state index < -0.39 is 80.6 Å². The number of aliphatic hydroxyl groups excluding tert-OH is 7. The molecule has 2 aliphatic rings. The molecule has 0 unspecified atom stereocenters. The maximum atomic E-state index is 12.1. The second kappa shape index (κ2) is 15.4. The third-order valence-corrected chi connectivity index (χ3v) is 6.44. The first-order valence-corrected chi connectivity index (χ1v) is 12.5. The first-order valence-electron chi connectivity index (χ1n) is 12.5. The van der Waals surface area contributed by atoms with Gasteiger partial charge in [0, 0.05) is 6.42 Å². The quantitative estimate of drug-likeness (QED) is 0.108. The van der Waals surface area contributed by atoms with Gasteiger partial charge in [-0.1, -0.05) is 51.9 Å². The minimum atomic E-state index is -1.76. The molecule has 2 saturated heterocycles. The van der Waals surface area contributed by atoms with E-state index in [4.69, 9.17) is 18.9 Å². The number of hydrogen-bond acceptors (Lipinski definition) is 12. The van der Waals surface area contributed by atoms with E-state index in [1.165, 1.54) is 25.7 Å². The normalized spacial score (nSPS) is 37.8. The first kappa shape index (κ1) is 30.3. The van der Waals surface area contributed by atoms with Crippen molar-refractivity contribution in [1.29, 1.82) is 0 Å². The molecule has 206 valence electrons. The van der Waals surface area contributed by atoms with Crippen LogP contribution in [0, 0.1) is 0 Å². The van der Waals surface area contributed by atoms with Crippen LogP contribution in [0.3, 0.4) is 0 Å². The Bertz CT molecular complexity index is 605. The van der Waals surface area contributed by atoms with Crippen LogP contribution in [-0.2, 0) is 23.7 Å². The molecule has 35 heavy (non-hydrogen) atoms. The molecular formula is C23H42O12. The van der Waals surface area contributed by atoms with Crippen LogP contribution in [0.1, 0.15) is 64.7 Å². The van der Waals surface area contributed by atoms with Gasteiger partial charge in [0.15, 0.2) is 12.6 Å². The molecule has 2 fully saturated rings. The summed E-state index contributed by atoms with van der Waals surface area (Å²) in [6, 6.07) is 0. The van der Waals surface area contributed by atoms with Crippen LogP contribution >= 0.6 is 0 Å². The fourth-order valence-corrected chi connectivity index (χ4v) is 4.21. The van der Waals surface area contributed by atoms with Gasteiger partial charge in [-0.15, -0.1) is 0 Å². The van der Waals surface area contributed by atoms with E-state index in [9.17, 15) is 40.5 Å². The molecule has 12 heteroatoms. The number of unbranched alkanes of at least 4 members (excludes halogenated alkanes) is 7. The highest BCUT2D eigenvalue weighted by Gasteiger charge is 2.50. The third kappa shape index (κ3) is 8.85. The molecule has 0 saturated carbocycles. The molecular weight excluding hydrogens is 468 g/mol. The van der Waals surface area contributed by atoms with Gasteiger partial charge < -0.3 is 54.7 Å². The number of aliphatic hydroxyl groups is 7. The van der Waals surface area contributed by atoms with E-state index in [1.807, 2.05) is 0 Å². The molecule has 2 heterocycles. The highest BCUT2D eigenvalue weighted by atomic mass is 16.7. The van der Waals surface area contributed by atoms with E-state index in [2.05, 4.69) is 6.92 Å². The summed E-state index contributed by atoms with van der Waals surface area (Å²) < 4.78 is 21.1. The van der Waals surface area contributed by atoms with E-state index >= 15 is 0 Å². The van der Waals surface area contributed by atoms with Gasteiger partial charge >= 0.3 is 5.97 Å². The zero-order valence-electron chi connectivity index (χ0n) is 20.2. The molecule has 0 aromatic heterocycles. The molecule has 2 aliphatic heterocycles. The lowest BCUT2D eigenvalue weighted by Crippen LogP contribution is -2.64. The number of rotatable bonds is 14. The largest absolute Gasteiger partial charge is 0.463 e. The molecule has 0 amide bonds. The Hall–Kier alpha value is -0.930. The van der Waals surface area contributed by atoms with Gasteiger partial charge in [0.05, 0.1) is 6.61 Å². The second-order valence-electron chi connectivity index (χ2n) is 9.25. The van der Waals surface area contributed by atoms with Crippen molar-refractivity contribution < 1.29 is 59.5 Å². The summed E-state index contributed by atoms with van der Waals surface area (Å²) in [6.45, 7) is 1.06. The number of carbonyl (C=O) groups excluding carboxylic acids is 1. The Morgan fingerprint density at radius 3 is 2.00 bits per heavy atom. The minimum Gasteiger partial charge on any atom is -0.463 e. The molecule has 7 N–H and O–H groups in total. The monoisotopic (exact) mass is 510 g/mol.